The van der Waals surface area contributed by atoms with Crippen LogP contribution in [-0.4, -0.2) is 64.1 Å². The van der Waals surface area contributed by atoms with E-state index in [-0.39, 0.29) is 17.2 Å². The Hall–Kier alpha value is -2.34. The van der Waals surface area contributed by atoms with E-state index in [4.69, 9.17) is 4.74 Å². The Kier molecular flexibility index (Phi) is 5.86. The molecule has 0 unspecified atom stereocenters. The molecule has 0 N–H and O–H groups in total. The molecule has 3 aromatic rings. The summed E-state index contributed by atoms with van der Waals surface area (Å²) in [6.45, 7) is 8.51. The first-order chi connectivity index (χ1) is 14.7. The molecule has 1 aliphatic heterocycles. The Morgan fingerprint density at radius 3 is 2.52 bits per heavy atom. The van der Waals surface area contributed by atoms with Crippen molar-refractivity contribution in [1.29, 1.82) is 0 Å². The first kappa shape index (κ1) is 21.9. The van der Waals surface area contributed by atoms with Crippen LogP contribution in [0.25, 0.3) is 5.13 Å². The number of morpholine rings is 1. The number of sulfonamides is 1. The van der Waals surface area contributed by atoms with Crippen LogP contribution in [-0.2, 0) is 21.3 Å². The van der Waals surface area contributed by atoms with Crippen molar-refractivity contribution in [3.8, 4) is 5.13 Å². The fourth-order valence-corrected chi connectivity index (χ4v) is 6.54. The van der Waals surface area contributed by atoms with Gasteiger partial charge in [0.25, 0.3) is 0 Å². The van der Waals surface area contributed by atoms with E-state index < -0.39 is 10.0 Å². The van der Waals surface area contributed by atoms with E-state index in [1.165, 1.54) is 20.3 Å². The normalized spacial score (nSPS) is 15.5. The van der Waals surface area contributed by atoms with Crippen molar-refractivity contribution in [3.63, 3.8) is 0 Å². The Morgan fingerprint density at radius 2 is 1.87 bits per heavy atom. The third-order valence-corrected chi connectivity index (χ3v) is 8.43. The van der Waals surface area contributed by atoms with E-state index in [0.717, 1.165) is 16.5 Å². The molecule has 1 fully saturated rings. The molecule has 0 spiro atoms. The third-order valence-electron chi connectivity index (χ3n) is 5.52. The molecule has 0 radical (unpaired) electrons. The first-order valence-electron chi connectivity index (χ1n) is 9.95. The second kappa shape index (κ2) is 8.30. The number of nitrogens with zero attached hydrogens (tertiary/aromatic N) is 5. The predicted molar refractivity (Wildman–Crippen MR) is 117 cm³/mol. The van der Waals surface area contributed by atoms with Gasteiger partial charge in [-0.05, 0) is 33.8 Å². The molecule has 0 amide bonds. The number of ether oxygens (including phenoxy) is 1. The number of Topliss-reactive ketones (excluding diaryl/α,β-unsaturated/α-hetero) is 1. The Balaban J connectivity index is 1.63. The number of carbonyl (C=O) groups is 1. The molecular weight excluding hydrogens is 438 g/mol. The lowest BCUT2D eigenvalue weighted by Crippen LogP contribution is -2.41. The Bertz CT molecular complexity index is 1220. The zero-order valence-corrected chi connectivity index (χ0v) is 19.6. The molecule has 0 bridgehead atoms. The average molecular weight is 464 g/mol. The van der Waals surface area contributed by atoms with Crippen LogP contribution >= 0.6 is 11.3 Å². The highest BCUT2D eigenvalue weighted by Crippen LogP contribution is 2.26. The molecule has 0 saturated carbocycles. The van der Waals surface area contributed by atoms with Crippen LogP contribution in [0.15, 0.2) is 22.5 Å². The number of hydrogen-bond donors (Lipinski definition) is 0. The fraction of sp³-hybridized carbons (Fsp3) is 0.450. The van der Waals surface area contributed by atoms with Gasteiger partial charge in [0.05, 0.1) is 24.6 Å². The topological polar surface area (TPSA) is 99.3 Å². The summed E-state index contributed by atoms with van der Waals surface area (Å²) in [6.07, 6.45) is 1.73. The van der Waals surface area contributed by atoms with Crippen molar-refractivity contribution in [2.24, 2.45) is 0 Å². The molecule has 3 aromatic heterocycles. The fourth-order valence-electron chi connectivity index (χ4n) is 4.01. The van der Waals surface area contributed by atoms with Gasteiger partial charge in [-0.3, -0.25) is 14.0 Å². The minimum absolute atomic E-state index is 0.0343. The van der Waals surface area contributed by atoms with Crippen molar-refractivity contribution >= 4 is 27.1 Å². The van der Waals surface area contributed by atoms with Gasteiger partial charge in [0.2, 0.25) is 10.0 Å². The Labute approximate surface area is 185 Å². The molecule has 0 aliphatic carbocycles. The summed E-state index contributed by atoms with van der Waals surface area (Å²) in [6, 6.07) is 1.84. The largest absolute Gasteiger partial charge is 0.379 e. The molecule has 1 aliphatic rings. The van der Waals surface area contributed by atoms with Gasteiger partial charge in [-0.15, -0.1) is 11.3 Å². The summed E-state index contributed by atoms with van der Waals surface area (Å²) in [5.41, 5.74) is 3.16. The monoisotopic (exact) mass is 463 g/mol. The number of carbonyl (C=O) groups excluding carboxylic acids is 1. The van der Waals surface area contributed by atoms with E-state index in [1.807, 2.05) is 29.9 Å². The molecule has 4 heterocycles. The van der Waals surface area contributed by atoms with Crippen molar-refractivity contribution < 1.29 is 17.9 Å². The maximum absolute atomic E-state index is 13.2. The molecule has 11 heteroatoms. The van der Waals surface area contributed by atoms with E-state index in [1.54, 1.807) is 20.0 Å². The highest BCUT2D eigenvalue weighted by Gasteiger charge is 2.32. The maximum atomic E-state index is 13.2. The van der Waals surface area contributed by atoms with Crippen LogP contribution in [0.5, 0.6) is 0 Å². The number of thiazole rings is 1. The summed E-state index contributed by atoms with van der Waals surface area (Å²) >= 11 is 1.50. The van der Waals surface area contributed by atoms with Crippen LogP contribution in [0, 0.1) is 27.7 Å². The summed E-state index contributed by atoms with van der Waals surface area (Å²) in [5.74, 6) is -0.128. The minimum Gasteiger partial charge on any atom is -0.379 e. The lowest BCUT2D eigenvalue weighted by atomic mass is 10.1. The molecule has 166 valence electrons. The molecular formula is C20H25N5O4S2. The molecule has 4 rings (SSSR count). The average Bonchev–Trinajstić information content (AvgIpc) is 3.42. The van der Waals surface area contributed by atoms with Gasteiger partial charge in [0.15, 0.2) is 10.9 Å². The molecule has 0 aromatic carbocycles. The molecule has 0 atom stereocenters. The van der Waals surface area contributed by atoms with Gasteiger partial charge in [-0.25, -0.2) is 13.4 Å². The van der Waals surface area contributed by atoms with E-state index in [9.17, 15) is 13.2 Å². The van der Waals surface area contributed by atoms with E-state index in [2.05, 4.69) is 10.1 Å². The number of aryl methyl sites for hydroxylation is 2. The molecule has 9 nitrogen and oxygen atoms in total. The zero-order valence-electron chi connectivity index (χ0n) is 18.0. The Morgan fingerprint density at radius 1 is 1.16 bits per heavy atom. The lowest BCUT2D eigenvalue weighted by molar-refractivity contribution is 0.0730. The quantitative estimate of drug-likeness (QED) is 0.520. The van der Waals surface area contributed by atoms with E-state index in [0.29, 0.717) is 43.3 Å². The molecule has 1 saturated heterocycles. The van der Waals surface area contributed by atoms with E-state index >= 15 is 0 Å². The van der Waals surface area contributed by atoms with Gasteiger partial charge in [-0.1, -0.05) is 0 Å². The van der Waals surface area contributed by atoms with Crippen LogP contribution < -0.4 is 0 Å². The van der Waals surface area contributed by atoms with Gasteiger partial charge in [0, 0.05) is 41.6 Å². The predicted octanol–water partition coefficient (Wildman–Crippen LogP) is 2.27. The standard InChI is InChI=1S/C20H25N5O4S2/c1-13-11-17(15(3)25(13)20-21-5-10-30-20)18(26)12-24-16(4)19(14(2)22-24)31(27,28)23-6-8-29-9-7-23/h5,10-11H,6-9,12H2,1-4H3. The smallest absolute Gasteiger partial charge is 0.246 e. The number of rotatable bonds is 6. The van der Waals surface area contributed by atoms with Gasteiger partial charge < -0.3 is 4.74 Å². The number of hydrogen-bond acceptors (Lipinski definition) is 7. The van der Waals surface area contributed by atoms with Crippen LogP contribution in [0.4, 0.5) is 0 Å². The summed E-state index contributed by atoms with van der Waals surface area (Å²) in [5, 5.41) is 7.08. The van der Waals surface area contributed by atoms with Gasteiger partial charge in [-0.2, -0.15) is 9.40 Å². The minimum atomic E-state index is -3.70. The number of ketones is 1. The van der Waals surface area contributed by atoms with Gasteiger partial charge in [0.1, 0.15) is 11.4 Å². The van der Waals surface area contributed by atoms with Crippen molar-refractivity contribution in [2.75, 3.05) is 26.3 Å². The van der Waals surface area contributed by atoms with Crippen LogP contribution in [0.1, 0.15) is 33.1 Å². The maximum Gasteiger partial charge on any atom is 0.246 e. The summed E-state index contributed by atoms with van der Waals surface area (Å²) in [4.78, 5) is 17.6. The van der Waals surface area contributed by atoms with Crippen molar-refractivity contribution in [2.45, 2.75) is 39.1 Å². The first-order valence-corrected chi connectivity index (χ1v) is 12.3. The summed E-state index contributed by atoms with van der Waals surface area (Å²) in [7, 11) is -3.70. The highest BCUT2D eigenvalue weighted by molar-refractivity contribution is 7.89. The number of aromatic nitrogens is 4. The molecule has 31 heavy (non-hydrogen) atoms. The van der Waals surface area contributed by atoms with Crippen molar-refractivity contribution in [3.05, 3.63) is 46.0 Å². The second-order valence-electron chi connectivity index (χ2n) is 7.53. The zero-order chi connectivity index (χ0) is 22.3. The highest BCUT2D eigenvalue weighted by atomic mass is 32.2. The van der Waals surface area contributed by atoms with Crippen molar-refractivity contribution in [1.82, 2.24) is 23.6 Å². The third kappa shape index (κ3) is 3.86. The van der Waals surface area contributed by atoms with Crippen LogP contribution in [0.3, 0.4) is 0 Å². The lowest BCUT2D eigenvalue weighted by Gasteiger charge is -2.26. The van der Waals surface area contributed by atoms with Gasteiger partial charge >= 0.3 is 0 Å². The summed E-state index contributed by atoms with van der Waals surface area (Å²) < 4.78 is 36.4. The second-order valence-corrected chi connectivity index (χ2v) is 10.3. The SMILES string of the molecule is Cc1nn(CC(=O)c2cc(C)n(-c3nccs3)c2C)c(C)c1S(=O)(=O)N1CCOCC1. The van der Waals surface area contributed by atoms with Crippen LogP contribution in [0.2, 0.25) is 0 Å².